The largest absolute Gasteiger partial charge is 0.378 e. The summed E-state index contributed by atoms with van der Waals surface area (Å²) < 4.78 is 5.46. The van der Waals surface area contributed by atoms with Crippen LogP contribution in [-0.4, -0.2) is 89.8 Å². The molecule has 2 aromatic carbocycles. The normalized spacial score (nSPS) is 21.1. The van der Waals surface area contributed by atoms with Crippen molar-refractivity contribution in [3.8, 4) is 0 Å². The number of hydrogen-bond acceptors (Lipinski definition) is 6. The van der Waals surface area contributed by atoms with Crippen LogP contribution in [0.1, 0.15) is 21.5 Å². The quantitative estimate of drug-likeness (QED) is 0.490. The number of nitrogens with zero attached hydrogens (tertiary/aromatic N) is 5. The summed E-state index contributed by atoms with van der Waals surface area (Å²) in [5.41, 5.74) is 5.51. The Balaban J connectivity index is 1.08. The molecule has 1 unspecified atom stereocenters. The Bertz CT molecular complexity index is 1460. The molecule has 1 aliphatic carbocycles. The average molecular weight is 590 g/mol. The number of amides is 2. The number of hydrogen-bond donors (Lipinski definition) is 0. The van der Waals surface area contributed by atoms with E-state index < -0.39 is 5.92 Å². The molecule has 4 aliphatic rings. The van der Waals surface area contributed by atoms with Crippen LogP contribution in [0.3, 0.4) is 0 Å². The van der Waals surface area contributed by atoms with Gasteiger partial charge in [0.25, 0.3) is 5.91 Å². The number of anilines is 1. The summed E-state index contributed by atoms with van der Waals surface area (Å²) in [5.74, 6) is -0.532. The number of thiocarbonyl (C=S) groups is 1. The van der Waals surface area contributed by atoms with E-state index in [-0.39, 0.29) is 16.9 Å². The van der Waals surface area contributed by atoms with E-state index in [2.05, 4.69) is 21.7 Å². The lowest BCUT2D eigenvalue weighted by Gasteiger charge is -2.37. The average Bonchev–Trinajstić information content (AvgIpc) is 3.01. The van der Waals surface area contributed by atoms with Gasteiger partial charge in [0.15, 0.2) is 0 Å². The van der Waals surface area contributed by atoms with Gasteiger partial charge in [-0.25, -0.2) is 4.99 Å². The van der Waals surface area contributed by atoms with E-state index in [1.807, 2.05) is 65.6 Å². The minimum atomic E-state index is -0.459. The maximum Gasteiger partial charge on any atom is 0.253 e. The van der Waals surface area contributed by atoms with Crippen molar-refractivity contribution >= 4 is 52.1 Å². The lowest BCUT2D eigenvalue weighted by Crippen LogP contribution is -2.49. The third-order valence-corrected chi connectivity index (χ3v) is 8.61. The highest BCUT2D eigenvalue weighted by Gasteiger charge is 2.35. The van der Waals surface area contributed by atoms with E-state index >= 15 is 0 Å². The van der Waals surface area contributed by atoms with Crippen LogP contribution in [0, 0.1) is 12.8 Å². The van der Waals surface area contributed by atoms with E-state index in [9.17, 15) is 9.59 Å². The number of rotatable bonds is 5. The van der Waals surface area contributed by atoms with Gasteiger partial charge >= 0.3 is 0 Å². The Labute approximate surface area is 250 Å². The van der Waals surface area contributed by atoms with Gasteiger partial charge in [0.1, 0.15) is 5.92 Å². The molecule has 2 aromatic rings. The maximum absolute atomic E-state index is 13.5. The first-order valence-corrected chi connectivity index (χ1v) is 14.7. The van der Waals surface area contributed by atoms with Crippen LogP contribution in [0.15, 0.2) is 71.4 Å². The number of benzene rings is 2. The molecule has 0 saturated carbocycles. The molecule has 0 aromatic heterocycles. The fourth-order valence-electron chi connectivity index (χ4n) is 5.69. The lowest BCUT2D eigenvalue weighted by atomic mass is 9.93. The third kappa shape index (κ3) is 5.80. The summed E-state index contributed by atoms with van der Waals surface area (Å²) >= 11 is 11.7. The number of morpholine rings is 1. The summed E-state index contributed by atoms with van der Waals surface area (Å²) in [6.45, 7) is 8.12. The fourth-order valence-corrected chi connectivity index (χ4v) is 6.12. The summed E-state index contributed by atoms with van der Waals surface area (Å²) in [6, 6.07) is 13.4. The van der Waals surface area contributed by atoms with Crippen molar-refractivity contribution in [3.05, 3.63) is 88.1 Å². The second kappa shape index (κ2) is 11.8. The standard InChI is InChI=1S/C31H32ClN5O3S/c1-21-2-7-24(32)18-28(21)35-10-12-36(13-11-35)29(38)23-5-3-22(4-6-23)20-37-30(39)26-19-25(34-14-16-40-17-15-34)8-9-27(26)33-31(37)41/h2-9,18-19,26H,10-17,20H2,1H3. The van der Waals surface area contributed by atoms with E-state index in [0.29, 0.717) is 49.1 Å². The Morgan fingerprint density at radius 1 is 1.00 bits per heavy atom. The molecule has 2 fully saturated rings. The third-order valence-electron chi connectivity index (χ3n) is 8.07. The van der Waals surface area contributed by atoms with Gasteiger partial charge in [-0.05, 0) is 72.8 Å². The van der Waals surface area contributed by atoms with Crippen molar-refractivity contribution in [2.45, 2.75) is 13.5 Å². The van der Waals surface area contributed by atoms with E-state index in [1.54, 1.807) is 4.90 Å². The Morgan fingerprint density at radius 3 is 2.46 bits per heavy atom. The van der Waals surface area contributed by atoms with E-state index in [0.717, 1.165) is 43.1 Å². The van der Waals surface area contributed by atoms with Crippen LogP contribution in [0.5, 0.6) is 0 Å². The highest BCUT2D eigenvalue weighted by atomic mass is 35.5. The summed E-state index contributed by atoms with van der Waals surface area (Å²) in [7, 11) is 0. The predicted octanol–water partition coefficient (Wildman–Crippen LogP) is 4.08. The van der Waals surface area contributed by atoms with Gasteiger partial charge < -0.3 is 19.4 Å². The number of ether oxygens (including phenoxy) is 1. The zero-order valence-corrected chi connectivity index (χ0v) is 24.5. The second-order valence-electron chi connectivity index (χ2n) is 10.7. The Hall–Kier alpha value is -3.53. The Kier molecular flexibility index (Phi) is 7.92. The number of aryl methyl sites for hydroxylation is 1. The number of fused-ring (bicyclic) bond motifs is 1. The lowest BCUT2D eigenvalue weighted by molar-refractivity contribution is -0.129. The number of carbonyl (C=O) groups is 2. The molecular weight excluding hydrogens is 558 g/mol. The molecule has 10 heteroatoms. The number of aliphatic imine (C=N–C) groups is 1. The predicted molar refractivity (Wildman–Crippen MR) is 164 cm³/mol. The zero-order chi connectivity index (χ0) is 28.5. The molecule has 6 rings (SSSR count). The zero-order valence-electron chi connectivity index (χ0n) is 23.0. The van der Waals surface area contributed by atoms with Crippen LogP contribution in [0.25, 0.3) is 0 Å². The number of piperazine rings is 1. The van der Waals surface area contributed by atoms with Gasteiger partial charge in [0.2, 0.25) is 11.0 Å². The molecule has 8 nitrogen and oxygen atoms in total. The van der Waals surface area contributed by atoms with Gasteiger partial charge in [-0.3, -0.25) is 14.5 Å². The molecule has 3 aliphatic heterocycles. The van der Waals surface area contributed by atoms with Gasteiger partial charge in [0, 0.05) is 61.2 Å². The summed E-state index contributed by atoms with van der Waals surface area (Å²) in [6.07, 6.45) is 5.88. The Morgan fingerprint density at radius 2 is 1.73 bits per heavy atom. The van der Waals surface area contributed by atoms with Crippen LogP contribution < -0.4 is 4.90 Å². The first-order valence-electron chi connectivity index (χ1n) is 13.9. The molecule has 2 amide bonds. The first-order chi connectivity index (χ1) is 19.9. The molecule has 1 atom stereocenters. The molecule has 2 saturated heterocycles. The highest BCUT2D eigenvalue weighted by Crippen LogP contribution is 2.27. The molecule has 0 bridgehead atoms. The molecule has 0 radical (unpaired) electrons. The fraction of sp³-hybridized carbons (Fsp3) is 0.355. The summed E-state index contributed by atoms with van der Waals surface area (Å²) in [4.78, 5) is 39.3. The van der Waals surface area contributed by atoms with Gasteiger partial charge in [0.05, 0.1) is 25.5 Å². The summed E-state index contributed by atoms with van der Waals surface area (Å²) in [5, 5.41) is 0.982. The van der Waals surface area contributed by atoms with Gasteiger partial charge in [-0.2, -0.15) is 0 Å². The van der Waals surface area contributed by atoms with Crippen molar-refractivity contribution in [3.63, 3.8) is 0 Å². The maximum atomic E-state index is 13.5. The van der Waals surface area contributed by atoms with E-state index in [1.165, 1.54) is 5.56 Å². The van der Waals surface area contributed by atoms with Gasteiger partial charge in [-0.1, -0.05) is 29.8 Å². The van der Waals surface area contributed by atoms with Crippen molar-refractivity contribution in [2.75, 3.05) is 57.4 Å². The molecule has 41 heavy (non-hydrogen) atoms. The number of halogens is 1. The topological polar surface area (TPSA) is 68.7 Å². The van der Waals surface area contributed by atoms with Crippen molar-refractivity contribution in [1.82, 2.24) is 14.7 Å². The van der Waals surface area contributed by atoms with Crippen molar-refractivity contribution in [2.24, 2.45) is 10.9 Å². The van der Waals surface area contributed by atoms with Crippen LogP contribution >= 0.6 is 23.8 Å². The SMILES string of the molecule is Cc1ccc(Cl)cc1N1CCN(C(=O)c2ccc(CN3C(=O)C4C=C(N5CCOCC5)C=CC4=NC3=S)cc2)CC1. The van der Waals surface area contributed by atoms with Crippen molar-refractivity contribution in [1.29, 1.82) is 0 Å². The minimum absolute atomic E-state index is 0.00704. The minimum Gasteiger partial charge on any atom is -0.378 e. The molecule has 3 heterocycles. The van der Waals surface area contributed by atoms with Crippen LogP contribution in [-0.2, 0) is 16.1 Å². The monoisotopic (exact) mass is 589 g/mol. The molecular formula is C31H32ClN5O3S. The van der Waals surface area contributed by atoms with Crippen molar-refractivity contribution < 1.29 is 14.3 Å². The van der Waals surface area contributed by atoms with Crippen LogP contribution in [0.2, 0.25) is 5.02 Å². The molecule has 0 spiro atoms. The number of allylic oxidation sites excluding steroid dienone is 2. The molecule has 0 N–H and O–H groups in total. The van der Waals surface area contributed by atoms with Crippen LogP contribution in [0.4, 0.5) is 5.69 Å². The smallest absolute Gasteiger partial charge is 0.253 e. The first kappa shape index (κ1) is 27.6. The second-order valence-corrected chi connectivity index (χ2v) is 11.5. The number of carbonyl (C=O) groups excluding carboxylic acids is 2. The molecule has 212 valence electrons. The van der Waals surface area contributed by atoms with Gasteiger partial charge in [-0.15, -0.1) is 0 Å². The highest BCUT2D eigenvalue weighted by molar-refractivity contribution is 7.80. The van der Waals surface area contributed by atoms with E-state index in [4.69, 9.17) is 28.6 Å².